The van der Waals surface area contributed by atoms with Gasteiger partial charge in [0.1, 0.15) is 5.01 Å². The third kappa shape index (κ3) is 4.76. The van der Waals surface area contributed by atoms with Crippen LogP contribution in [0.3, 0.4) is 0 Å². The van der Waals surface area contributed by atoms with Gasteiger partial charge in [0, 0.05) is 18.0 Å². The van der Waals surface area contributed by atoms with E-state index in [1.807, 2.05) is 13.8 Å². The Bertz CT molecular complexity index is 422. The van der Waals surface area contributed by atoms with Gasteiger partial charge in [0.15, 0.2) is 0 Å². The molecule has 1 unspecified atom stereocenters. The SMILES string of the molecule is Cc1nc(CNC(=O)NCCC2CCCCO2)sc1C. The highest BCUT2D eigenvalue weighted by Crippen LogP contribution is 2.16. The molecule has 1 saturated heterocycles. The first kappa shape index (κ1) is 15.3. The Morgan fingerprint density at radius 2 is 2.25 bits per heavy atom. The molecule has 1 aromatic rings. The second-order valence-corrected chi connectivity index (χ2v) is 6.42. The van der Waals surface area contributed by atoms with Crippen molar-refractivity contribution < 1.29 is 9.53 Å². The molecule has 0 bridgehead atoms. The fraction of sp³-hybridized carbons (Fsp3) is 0.714. The average molecular weight is 297 g/mol. The Morgan fingerprint density at radius 3 is 2.90 bits per heavy atom. The molecule has 0 saturated carbocycles. The van der Waals surface area contributed by atoms with Gasteiger partial charge in [0.05, 0.1) is 18.3 Å². The highest BCUT2D eigenvalue weighted by atomic mass is 32.1. The number of rotatable bonds is 5. The van der Waals surface area contributed by atoms with E-state index in [4.69, 9.17) is 4.74 Å². The molecule has 0 radical (unpaired) electrons. The minimum atomic E-state index is -0.133. The fourth-order valence-electron chi connectivity index (χ4n) is 2.21. The van der Waals surface area contributed by atoms with Crippen LogP contribution in [0.15, 0.2) is 0 Å². The van der Waals surface area contributed by atoms with E-state index in [0.717, 1.165) is 36.6 Å². The molecule has 1 aliphatic heterocycles. The minimum absolute atomic E-state index is 0.133. The number of hydrogen-bond donors (Lipinski definition) is 2. The minimum Gasteiger partial charge on any atom is -0.378 e. The van der Waals surface area contributed by atoms with Crippen LogP contribution in [0.1, 0.15) is 41.3 Å². The van der Waals surface area contributed by atoms with Gasteiger partial charge < -0.3 is 15.4 Å². The molecular weight excluding hydrogens is 274 g/mol. The van der Waals surface area contributed by atoms with Crippen LogP contribution < -0.4 is 10.6 Å². The third-order valence-electron chi connectivity index (χ3n) is 3.50. The number of amides is 2. The number of hydrogen-bond acceptors (Lipinski definition) is 4. The molecular formula is C14H23N3O2S. The molecule has 6 heteroatoms. The van der Waals surface area contributed by atoms with E-state index in [-0.39, 0.29) is 6.03 Å². The zero-order valence-corrected chi connectivity index (χ0v) is 13.0. The Labute approximate surface area is 124 Å². The third-order valence-corrected chi connectivity index (χ3v) is 4.57. The Hall–Kier alpha value is -1.14. The van der Waals surface area contributed by atoms with E-state index < -0.39 is 0 Å². The van der Waals surface area contributed by atoms with E-state index >= 15 is 0 Å². The lowest BCUT2D eigenvalue weighted by Gasteiger charge is -2.22. The monoisotopic (exact) mass is 297 g/mol. The molecule has 2 amide bonds. The van der Waals surface area contributed by atoms with E-state index in [9.17, 15) is 4.79 Å². The molecule has 0 aromatic carbocycles. The Kier molecular flexibility index (Phi) is 5.79. The summed E-state index contributed by atoms with van der Waals surface area (Å²) in [7, 11) is 0. The molecule has 1 fully saturated rings. The van der Waals surface area contributed by atoms with Crippen molar-refractivity contribution in [3.63, 3.8) is 0 Å². The first-order valence-corrected chi connectivity index (χ1v) is 8.03. The van der Waals surface area contributed by atoms with Crippen LogP contribution in [0.5, 0.6) is 0 Å². The zero-order valence-electron chi connectivity index (χ0n) is 12.2. The lowest BCUT2D eigenvalue weighted by Crippen LogP contribution is -2.37. The van der Waals surface area contributed by atoms with Gasteiger partial charge in [0.25, 0.3) is 0 Å². The van der Waals surface area contributed by atoms with E-state index in [2.05, 4.69) is 15.6 Å². The van der Waals surface area contributed by atoms with Crippen molar-refractivity contribution >= 4 is 17.4 Å². The molecule has 1 aromatic heterocycles. The molecule has 2 heterocycles. The number of aromatic nitrogens is 1. The van der Waals surface area contributed by atoms with Crippen LogP contribution in [0.4, 0.5) is 4.79 Å². The summed E-state index contributed by atoms with van der Waals surface area (Å²) in [6.07, 6.45) is 4.72. The van der Waals surface area contributed by atoms with Crippen molar-refractivity contribution in [1.82, 2.24) is 15.6 Å². The van der Waals surface area contributed by atoms with Crippen molar-refractivity contribution in [3.05, 3.63) is 15.6 Å². The summed E-state index contributed by atoms with van der Waals surface area (Å²) < 4.78 is 5.62. The molecule has 2 N–H and O–H groups in total. The summed E-state index contributed by atoms with van der Waals surface area (Å²) in [6, 6.07) is -0.133. The summed E-state index contributed by atoms with van der Waals surface area (Å²) in [5.41, 5.74) is 1.04. The maximum Gasteiger partial charge on any atom is 0.315 e. The maximum absolute atomic E-state index is 11.7. The van der Waals surface area contributed by atoms with Gasteiger partial charge >= 0.3 is 6.03 Å². The normalized spacial score (nSPS) is 18.8. The predicted molar refractivity (Wildman–Crippen MR) is 80.0 cm³/mol. The molecule has 1 atom stereocenters. The highest BCUT2D eigenvalue weighted by Gasteiger charge is 2.13. The molecule has 1 aliphatic rings. The number of nitrogens with zero attached hydrogens (tertiary/aromatic N) is 1. The molecule has 5 nitrogen and oxygen atoms in total. The maximum atomic E-state index is 11.7. The van der Waals surface area contributed by atoms with Gasteiger partial charge in [-0.15, -0.1) is 11.3 Å². The number of carbonyl (C=O) groups is 1. The fourth-order valence-corrected chi connectivity index (χ4v) is 3.09. The smallest absolute Gasteiger partial charge is 0.315 e. The van der Waals surface area contributed by atoms with Crippen molar-refractivity contribution in [2.45, 2.75) is 52.2 Å². The number of urea groups is 1. The van der Waals surface area contributed by atoms with Crippen molar-refractivity contribution in [2.24, 2.45) is 0 Å². The number of ether oxygens (including phenoxy) is 1. The topological polar surface area (TPSA) is 63.2 Å². The average Bonchev–Trinajstić information content (AvgIpc) is 2.77. The van der Waals surface area contributed by atoms with Gasteiger partial charge in [-0.05, 0) is 39.5 Å². The molecule has 20 heavy (non-hydrogen) atoms. The van der Waals surface area contributed by atoms with Crippen LogP contribution in [0.25, 0.3) is 0 Å². The first-order valence-electron chi connectivity index (χ1n) is 7.21. The van der Waals surface area contributed by atoms with Gasteiger partial charge in [-0.25, -0.2) is 9.78 Å². The highest BCUT2D eigenvalue weighted by molar-refractivity contribution is 7.11. The van der Waals surface area contributed by atoms with E-state index in [0.29, 0.717) is 19.2 Å². The number of aryl methyl sites for hydroxylation is 2. The van der Waals surface area contributed by atoms with Gasteiger partial charge in [-0.2, -0.15) is 0 Å². The summed E-state index contributed by atoms with van der Waals surface area (Å²) in [6.45, 7) is 6.04. The van der Waals surface area contributed by atoms with Crippen molar-refractivity contribution in [2.75, 3.05) is 13.2 Å². The van der Waals surface area contributed by atoms with E-state index in [1.165, 1.54) is 11.3 Å². The largest absolute Gasteiger partial charge is 0.378 e. The lowest BCUT2D eigenvalue weighted by atomic mass is 10.1. The lowest BCUT2D eigenvalue weighted by molar-refractivity contribution is 0.0120. The van der Waals surface area contributed by atoms with Crippen molar-refractivity contribution in [1.29, 1.82) is 0 Å². The molecule has 112 valence electrons. The van der Waals surface area contributed by atoms with Crippen LogP contribution in [-0.2, 0) is 11.3 Å². The summed E-state index contributed by atoms with van der Waals surface area (Å²) in [5.74, 6) is 0. The molecule has 0 aliphatic carbocycles. The standard InChI is InChI=1S/C14H23N3O2S/c1-10-11(2)20-13(17-10)9-16-14(18)15-7-6-12-5-3-4-8-19-12/h12H,3-9H2,1-2H3,(H2,15,16,18). The van der Waals surface area contributed by atoms with E-state index in [1.54, 1.807) is 11.3 Å². The first-order chi connectivity index (χ1) is 9.65. The number of nitrogens with one attached hydrogen (secondary N) is 2. The molecule has 2 rings (SSSR count). The van der Waals surface area contributed by atoms with Gasteiger partial charge in [0.2, 0.25) is 0 Å². The molecule has 0 spiro atoms. The predicted octanol–water partition coefficient (Wildman–Crippen LogP) is 2.52. The quantitative estimate of drug-likeness (QED) is 0.878. The van der Waals surface area contributed by atoms with Crippen LogP contribution >= 0.6 is 11.3 Å². The summed E-state index contributed by atoms with van der Waals surface area (Å²) >= 11 is 1.63. The summed E-state index contributed by atoms with van der Waals surface area (Å²) in [4.78, 5) is 17.3. The van der Waals surface area contributed by atoms with Gasteiger partial charge in [-0.1, -0.05) is 0 Å². The zero-order chi connectivity index (χ0) is 14.4. The van der Waals surface area contributed by atoms with Crippen LogP contribution in [0.2, 0.25) is 0 Å². The second kappa shape index (κ2) is 7.59. The second-order valence-electron chi connectivity index (χ2n) is 5.14. The van der Waals surface area contributed by atoms with Crippen LogP contribution in [-0.4, -0.2) is 30.3 Å². The summed E-state index contributed by atoms with van der Waals surface area (Å²) in [5, 5.41) is 6.65. The van der Waals surface area contributed by atoms with Crippen LogP contribution in [0, 0.1) is 13.8 Å². The van der Waals surface area contributed by atoms with Crippen molar-refractivity contribution in [3.8, 4) is 0 Å². The number of carbonyl (C=O) groups excluding carboxylic acids is 1. The Balaban J connectivity index is 1.60. The number of thiazole rings is 1. The Morgan fingerprint density at radius 1 is 1.40 bits per heavy atom. The van der Waals surface area contributed by atoms with Gasteiger partial charge in [-0.3, -0.25) is 0 Å².